The summed E-state index contributed by atoms with van der Waals surface area (Å²) in [5.74, 6) is -1.22. The smallest absolute Gasteiger partial charge is 0.418 e. The molecular formula is C33H25F3N2O3. The molecule has 0 unspecified atom stereocenters. The van der Waals surface area contributed by atoms with Gasteiger partial charge in [-0.2, -0.15) is 13.2 Å². The molecule has 0 atom stereocenters. The first-order valence-corrected chi connectivity index (χ1v) is 12.9. The number of nitrogens with one attached hydrogen (secondary N) is 1. The maximum absolute atomic E-state index is 13.9. The van der Waals surface area contributed by atoms with Crippen LogP contribution in [0.4, 0.5) is 13.2 Å². The third kappa shape index (κ3) is 6.34. The van der Waals surface area contributed by atoms with Gasteiger partial charge < -0.3 is 10.4 Å². The number of alkyl halides is 3. The first-order valence-electron chi connectivity index (χ1n) is 12.9. The fourth-order valence-corrected chi connectivity index (χ4v) is 4.82. The Kier molecular flexibility index (Phi) is 7.94. The van der Waals surface area contributed by atoms with E-state index in [1.165, 1.54) is 12.3 Å². The molecule has 0 spiro atoms. The van der Waals surface area contributed by atoms with Gasteiger partial charge in [-0.3, -0.25) is 14.6 Å². The molecule has 0 fully saturated rings. The Morgan fingerprint density at radius 1 is 0.780 bits per heavy atom. The molecule has 8 heteroatoms. The van der Waals surface area contributed by atoms with Crippen LogP contribution in [0.3, 0.4) is 0 Å². The number of hydrogen-bond donors (Lipinski definition) is 2. The van der Waals surface area contributed by atoms with Crippen LogP contribution in [-0.2, 0) is 30.5 Å². The second-order valence-corrected chi connectivity index (χ2v) is 9.63. The molecule has 0 saturated carbocycles. The number of ketones is 1. The minimum Gasteiger partial charge on any atom is -0.481 e. The van der Waals surface area contributed by atoms with Gasteiger partial charge in [-0.15, -0.1) is 0 Å². The summed E-state index contributed by atoms with van der Waals surface area (Å²) in [6.07, 6.45) is -3.41. The predicted octanol–water partition coefficient (Wildman–Crippen LogP) is 7.07. The first kappa shape index (κ1) is 27.7. The number of nitrogens with zero attached hydrogens (tertiary/aromatic N) is 1. The van der Waals surface area contributed by atoms with Gasteiger partial charge in [0.2, 0.25) is 0 Å². The molecule has 5 rings (SSSR count). The molecule has 1 aromatic heterocycles. The van der Waals surface area contributed by atoms with Crippen molar-refractivity contribution in [3.05, 3.63) is 137 Å². The molecule has 0 saturated heterocycles. The number of carboxylic acids is 1. The van der Waals surface area contributed by atoms with Crippen molar-refractivity contribution in [1.82, 2.24) is 10.3 Å². The van der Waals surface area contributed by atoms with Gasteiger partial charge in [0, 0.05) is 41.4 Å². The molecule has 0 radical (unpaired) electrons. The summed E-state index contributed by atoms with van der Waals surface area (Å²) in [7, 11) is 0. The van der Waals surface area contributed by atoms with Crippen LogP contribution in [0, 0.1) is 0 Å². The largest absolute Gasteiger partial charge is 0.481 e. The van der Waals surface area contributed by atoms with Crippen LogP contribution in [0.25, 0.3) is 22.0 Å². The number of fused-ring (bicyclic) bond motifs is 1. The van der Waals surface area contributed by atoms with Gasteiger partial charge in [-0.1, -0.05) is 84.9 Å². The molecule has 2 N–H and O–H groups in total. The molecule has 1 heterocycles. The highest BCUT2D eigenvalue weighted by molar-refractivity contribution is 6.16. The molecule has 5 nitrogen and oxygen atoms in total. The molecular weight excluding hydrogens is 529 g/mol. The van der Waals surface area contributed by atoms with Gasteiger partial charge >= 0.3 is 12.1 Å². The second-order valence-electron chi connectivity index (χ2n) is 9.63. The molecule has 0 aliphatic heterocycles. The third-order valence-corrected chi connectivity index (χ3v) is 6.74. The highest BCUT2D eigenvalue weighted by Crippen LogP contribution is 2.39. The summed E-state index contributed by atoms with van der Waals surface area (Å²) in [6.45, 7) is 0.992. The SMILES string of the molecule is O=C(O)Cc1ccc(CNCc2cccc(-c3c(C(=O)c4ccccc4)cnc4c(C(F)(F)F)cccc34)c2)cc1. The van der Waals surface area contributed by atoms with Crippen molar-refractivity contribution in [2.75, 3.05) is 0 Å². The van der Waals surface area contributed by atoms with Crippen molar-refractivity contribution in [2.24, 2.45) is 0 Å². The second kappa shape index (κ2) is 11.7. The van der Waals surface area contributed by atoms with Crippen molar-refractivity contribution in [1.29, 1.82) is 0 Å². The number of halogens is 3. The maximum atomic E-state index is 13.9. The fourth-order valence-electron chi connectivity index (χ4n) is 4.82. The number of para-hydroxylation sites is 1. The number of aromatic nitrogens is 1. The molecule has 0 amide bonds. The lowest BCUT2D eigenvalue weighted by Crippen LogP contribution is -2.13. The van der Waals surface area contributed by atoms with Crippen LogP contribution in [0.2, 0.25) is 0 Å². The molecule has 5 aromatic rings. The Hall–Kier alpha value is -4.82. The van der Waals surface area contributed by atoms with Crippen molar-refractivity contribution in [3.63, 3.8) is 0 Å². The lowest BCUT2D eigenvalue weighted by molar-refractivity contribution is -0.137. The molecule has 41 heavy (non-hydrogen) atoms. The number of pyridine rings is 1. The Bertz CT molecular complexity index is 1720. The number of hydrogen-bond acceptors (Lipinski definition) is 4. The molecule has 0 bridgehead atoms. The highest BCUT2D eigenvalue weighted by Gasteiger charge is 2.34. The molecule has 0 aliphatic rings. The van der Waals surface area contributed by atoms with Gasteiger partial charge in [0.25, 0.3) is 0 Å². The molecule has 206 valence electrons. The topological polar surface area (TPSA) is 79.3 Å². The summed E-state index contributed by atoms with van der Waals surface area (Å²) in [6, 6.07) is 27.1. The normalized spacial score (nSPS) is 11.5. The van der Waals surface area contributed by atoms with Gasteiger partial charge in [-0.25, -0.2) is 0 Å². The molecule has 0 aliphatic carbocycles. The van der Waals surface area contributed by atoms with E-state index in [4.69, 9.17) is 5.11 Å². The lowest BCUT2D eigenvalue weighted by atomic mass is 9.90. The van der Waals surface area contributed by atoms with Crippen LogP contribution in [0.15, 0.2) is 103 Å². The average Bonchev–Trinajstić information content (AvgIpc) is 2.96. The monoisotopic (exact) mass is 554 g/mol. The first-order chi connectivity index (χ1) is 19.7. The Labute approximate surface area is 234 Å². The summed E-state index contributed by atoms with van der Waals surface area (Å²) in [5.41, 5.74) is 3.12. The third-order valence-electron chi connectivity index (χ3n) is 6.74. The summed E-state index contributed by atoms with van der Waals surface area (Å²) in [4.78, 5) is 28.6. The Morgan fingerprint density at radius 2 is 1.46 bits per heavy atom. The van der Waals surface area contributed by atoms with E-state index in [1.54, 1.807) is 54.6 Å². The maximum Gasteiger partial charge on any atom is 0.418 e. The van der Waals surface area contributed by atoms with E-state index in [9.17, 15) is 22.8 Å². The van der Waals surface area contributed by atoms with Crippen LogP contribution in [-0.4, -0.2) is 21.8 Å². The van der Waals surface area contributed by atoms with Crippen molar-refractivity contribution in [2.45, 2.75) is 25.7 Å². The minimum absolute atomic E-state index is 0.0383. The van der Waals surface area contributed by atoms with Gasteiger partial charge in [-0.05, 0) is 34.4 Å². The number of carbonyl (C=O) groups excluding carboxylic acids is 1. The zero-order chi connectivity index (χ0) is 29.0. The number of carbonyl (C=O) groups is 2. The van der Waals surface area contributed by atoms with E-state index in [0.29, 0.717) is 35.3 Å². The Morgan fingerprint density at radius 3 is 2.17 bits per heavy atom. The summed E-state index contributed by atoms with van der Waals surface area (Å²) in [5, 5.41) is 12.5. The zero-order valence-corrected chi connectivity index (χ0v) is 21.8. The number of rotatable bonds is 9. The number of aliphatic carboxylic acids is 1. The molecule has 4 aromatic carbocycles. The van der Waals surface area contributed by atoms with E-state index in [-0.39, 0.29) is 28.7 Å². The standard InChI is InChI=1S/C33H25F3N2O3/c34-33(35,36)28-11-5-10-26-30(27(20-38-31(26)28)32(41)24-7-2-1-3-8-24)25-9-4-6-23(16-25)19-37-18-22-14-12-21(13-15-22)17-29(39)40/h1-16,20,37H,17-19H2,(H,39,40). The fraction of sp³-hybridized carbons (Fsp3) is 0.121. The van der Waals surface area contributed by atoms with Crippen molar-refractivity contribution >= 4 is 22.7 Å². The summed E-state index contributed by atoms with van der Waals surface area (Å²) >= 11 is 0. The Balaban J connectivity index is 1.49. The van der Waals surface area contributed by atoms with E-state index in [0.717, 1.165) is 17.2 Å². The van der Waals surface area contributed by atoms with Crippen molar-refractivity contribution < 1.29 is 27.9 Å². The zero-order valence-electron chi connectivity index (χ0n) is 21.8. The van der Waals surface area contributed by atoms with Gasteiger partial charge in [0.1, 0.15) is 0 Å². The predicted molar refractivity (Wildman–Crippen MR) is 150 cm³/mol. The van der Waals surface area contributed by atoms with Crippen LogP contribution in [0.1, 0.15) is 38.2 Å². The summed E-state index contributed by atoms with van der Waals surface area (Å²) < 4.78 is 41.6. The van der Waals surface area contributed by atoms with E-state index in [1.807, 2.05) is 30.3 Å². The van der Waals surface area contributed by atoms with Gasteiger partial charge in [0.15, 0.2) is 5.78 Å². The quantitative estimate of drug-likeness (QED) is 0.191. The van der Waals surface area contributed by atoms with Gasteiger partial charge in [0.05, 0.1) is 17.5 Å². The van der Waals surface area contributed by atoms with Crippen molar-refractivity contribution in [3.8, 4) is 11.1 Å². The van der Waals surface area contributed by atoms with E-state index >= 15 is 0 Å². The van der Waals surface area contributed by atoms with E-state index < -0.39 is 17.7 Å². The lowest BCUT2D eigenvalue weighted by Gasteiger charge is -2.16. The average molecular weight is 555 g/mol. The minimum atomic E-state index is -4.60. The number of carboxylic acid groups (broad SMARTS) is 1. The van der Waals surface area contributed by atoms with Crippen LogP contribution < -0.4 is 5.32 Å². The van der Waals surface area contributed by atoms with E-state index in [2.05, 4.69) is 10.3 Å². The highest BCUT2D eigenvalue weighted by atomic mass is 19.4. The van der Waals surface area contributed by atoms with Crippen LogP contribution >= 0.6 is 0 Å². The van der Waals surface area contributed by atoms with Crippen LogP contribution in [0.5, 0.6) is 0 Å². The number of benzene rings is 4.